The van der Waals surface area contributed by atoms with Crippen molar-refractivity contribution in [2.75, 3.05) is 26.7 Å². The number of unbranched alkanes of at least 4 members (excludes halogenated alkanes) is 3. The zero-order valence-corrected chi connectivity index (χ0v) is 55.8. The summed E-state index contributed by atoms with van der Waals surface area (Å²) >= 11 is 0. The molecule has 1 aromatic heterocycles. The number of amides is 4. The molecule has 4 amide bonds. The third-order valence-corrected chi connectivity index (χ3v) is 19.3. The summed E-state index contributed by atoms with van der Waals surface area (Å²) in [7, 11) is -6.96. The van der Waals surface area contributed by atoms with E-state index in [1.165, 1.54) is 31.4 Å². The Morgan fingerprint density at radius 3 is 1.79 bits per heavy atom. The lowest BCUT2D eigenvalue weighted by Gasteiger charge is -2.24. The van der Waals surface area contributed by atoms with Gasteiger partial charge in [0.1, 0.15) is 17.3 Å². The maximum atomic E-state index is 14.7. The Hall–Kier alpha value is -9.06. The van der Waals surface area contributed by atoms with Crippen molar-refractivity contribution in [1.82, 2.24) is 30.4 Å². The van der Waals surface area contributed by atoms with Crippen molar-refractivity contribution in [3.63, 3.8) is 0 Å². The van der Waals surface area contributed by atoms with Crippen molar-refractivity contribution in [1.29, 1.82) is 0 Å². The number of aromatic amines is 1. The number of para-hydroxylation sites is 1. The summed E-state index contributed by atoms with van der Waals surface area (Å²) in [5.41, 5.74) is 8.12. The van der Waals surface area contributed by atoms with Crippen LogP contribution in [0.3, 0.4) is 0 Å². The van der Waals surface area contributed by atoms with Crippen molar-refractivity contribution in [3.8, 4) is 5.75 Å². The second-order valence-corrected chi connectivity index (χ2v) is 27.4. The number of aromatic nitrogens is 1. The first-order valence-corrected chi connectivity index (χ1v) is 35.0. The Morgan fingerprint density at radius 2 is 1.18 bits per heavy atom. The molecule has 6 atom stereocenters. The highest BCUT2D eigenvalue weighted by atomic mass is 32.2. The van der Waals surface area contributed by atoms with Crippen LogP contribution in [0.15, 0.2) is 113 Å². The number of halogens is 1. The Balaban J connectivity index is 1.23. The van der Waals surface area contributed by atoms with Gasteiger partial charge in [-0.3, -0.25) is 52.7 Å². The largest absolute Gasteiger partial charge is 0.497 e. The monoisotopic (exact) mass is 1390 g/mol. The molecule has 0 radical (unpaired) electrons. The number of carboxylic acid groups (broad SMARTS) is 3. The van der Waals surface area contributed by atoms with E-state index in [1.807, 2.05) is 11.6 Å². The number of primary amides is 1. The molecule has 0 spiro atoms. The topological polar surface area (TPSA) is 428 Å². The Bertz CT molecular complexity index is 3790. The number of rotatable bonds is 48. The van der Waals surface area contributed by atoms with Gasteiger partial charge in [-0.1, -0.05) is 68.7 Å². The normalized spacial score (nSPS) is 13.4. The van der Waals surface area contributed by atoms with Crippen LogP contribution < -0.4 is 35.9 Å². The zero-order chi connectivity index (χ0) is 71.2. The molecular formula is C68H86FN7O19S2. The highest BCUT2D eigenvalue weighted by molar-refractivity contribution is 7.89. The summed E-state index contributed by atoms with van der Waals surface area (Å²) in [4.78, 5) is 148. The molecule has 0 saturated carbocycles. The number of Topliss-reactive ketones (excluding diaryl/α,β-unsaturated/α-hetero) is 4. The fraction of sp³-hybridized carbons (Fsp3) is 0.456. The van der Waals surface area contributed by atoms with Gasteiger partial charge in [-0.2, -0.15) is 0 Å². The van der Waals surface area contributed by atoms with Gasteiger partial charge in [0.25, 0.3) is 0 Å². The number of nitrogens with one attached hydrogen (secondary N) is 6. The standard InChI is InChI=1S/C68H86FN7O19S2/c1-3-12-43-19-25-54(26-20-43)96(91,92)74-32-10-8-14-45(65(70)87)35-51(77)16-5-4-9-31-71-66(88)46(21-29-62(81)82)38-60(79)58(37-49-41-72-57-18-7-6-17-56(49)57)75-68(90)48(33-44-13-11-15-50(69)34-44)36-52(78)42-73-67(89)47(22-30-63(83)84)39-61(80)59(40-64(85)86)76-97(93,94)55-27-23-53(95-2)24-28-55/h6-7,11,13,15,17-20,23-28,34,41,45-48,58-59,72,74,76H,3-5,8-10,12,14,16,21-22,29-33,35-40,42H2,1-2H3,(H2,70,87)(H,71,88)(H,73,89)(H,75,90)(H,81,82)(H,83,84)(H,85,86)/t45-,46-,47-,48-,58+,59-/m1/s1. The second-order valence-electron chi connectivity index (χ2n) is 23.9. The first kappa shape index (κ1) is 78.6. The third-order valence-electron chi connectivity index (χ3n) is 16.3. The maximum Gasteiger partial charge on any atom is 0.305 e. The molecule has 0 aliphatic heterocycles. The van der Waals surface area contributed by atoms with E-state index >= 15 is 0 Å². The molecule has 526 valence electrons. The number of hydrogen-bond acceptors (Lipinski definition) is 16. The van der Waals surface area contributed by atoms with E-state index in [2.05, 4.69) is 25.7 Å². The summed E-state index contributed by atoms with van der Waals surface area (Å²) in [5, 5.41) is 37.3. The summed E-state index contributed by atoms with van der Waals surface area (Å²) in [6.07, 6.45) is -0.0178. The molecule has 11 N–H and O–H groups in total. The Kier molecular flexibility index (Phi) is 31.8. The van der Waals surface area contributed by atoms with E-state index in [1.54, 1.807) is 54.7 Å². The van der Waals surface area contributed by atoms with Crippen LogP contribution in [0.4, 0.5) is 4.39 Å². The summed E-state index contributed by atoms with van der Waals surface area (Å²) in [6.45, 7) is 1.39. The SMILES string of the molecule is CCCc1ccc(S(=O)(=O)NCCCC[C@H](CC(=O)CCCCCNC(=O)[C@H](CCC(=O)O)CC(=O)[C@H](Cc2c[nH]c3ccccc23)NC(=O)[C@@H](CC(=O)CNC(=O)[C@H](CCC(=O)O)CC(=O)[C@@H](CC(=O)O)NS(=O)(=O)c2ccc(OC)cc2)Cc2cccc(F)c2)C(N)=O)cc1. The van der Waals surface area contributed by atoms with Crippen molar-refractivity contribution in [2.24, 2.45) is 29.4 Å². The molecule has 4 aromatic carbocycles. The number of methoxy groups -OCH3 is 1. The summed E-state index contributed by atoms with van der Waals surface area (Å²) < 4.78 is 76.4. The molecule has 0 saturated heterocycles. The molecular weight excluding hydrogens is 1300 g/mol. The van der Waals surface area contributed by atoms with Gasteiger partial charge in [0.2, 0.25) is 43.7 Å². The quantitative estimate of drug-likeness (QED) is 0.0205. The van der Waals surface area contributed by atoms with Gasteiger partial charge in [0.05, 0.1) is 42.0 Å². The van der Waals surface area contributed by atoms with Crippen molar-refractivity contribution < 1.29 is 94.0 Å². The minimum atomic E-state index is -4.56. The average Bonchev–Trinajstić information content (AvgIpc) is 1.78. The van der Waals surface area contributed by atoms with E-state index in [4.69, 9.17) is 10.5 Å². The number of ether oxygens (including phenoxy) is 1. The lowest BCUT2D eigenvalue weighted by molar-refractivity contribution is -0.140. The predicted molar refractivity (Wildman–Crippen MR) is 353 cm³/mol. The molecule has 97 heavy (non-hydrogen) atoms. The number of ketones is 4. The molecule has 26 nitrogen and oxygen atoms in total. The van der Waals surface area contributed by atoms with Crippen LogP contribution in [0.2, 0.25) is 0 Å². The van der Waals surface area contributed by atoms with Crippen LogP contribution in [0.25, 0.3) is 10.9 Å². The van der Waals surface area contributed by atoms with Gasteiger partial charge in [-0.05, 0) is 123 Å². The summed E-state index contributed by atoms with van der Waals surface area (Å²) in [5.74, 6) is -15.6. The smallest absolute Gasteiger partial charge is 0.305 e. The molecule has 0 bridgehead atoms. The number of hydrogen-bond donors (Lipinski definition) is 10. The average molecular weight is 1390 g/mol. The van der Waals surface area contributed by atoms with Gasteiger partial charge in [-0.15, -0.1) is 0 Å². The number of aliphatic carboxylic acids is 3. The number of sulfonamides is 2. The molecule has 29 heteroatoms. The highest BCUT2D eigenvalue weighted by Crippen LogP contribution is 2.25. The fourth-order valence-electron chi connectivity index (χ4n) is 11.0. The first-order chi connectivity index (χ1) is 46.1. The van der Waals surface area contributed by atoms with Crippen LogP contribution in [0.5, 0.6) is 5.75 Å². The molecule has 0 unspecified atom stereocenters. The Morgan fingerprint density at radius 1 is 0.567 bits per heavy atom. The van der Waals surface area contributed by atoms with Crippen LogP contribution in [-0.2, 0) is 92.0 Å². The van der Waals surface area contributed by atoms with Gasteiger partial charge in [0.15, 0.2) is 17.3 Å². The van der Waals surface area contributed by atoms with Gasteiger partial charge in [0, 0.05) is 105 Å². The number of carboxylic acids is 3. The van der Waals surface area contributed by atoms with Crippen molar-refractivity contribution in [2.45, 2.75) is 157 Å². The van der Waals surface area contributed by atoms with Crippen LogP contribution in [0.1, 0.15) is 133 Å². The Labute approximate surface area is 562 Å². The number of nitrogens with two attached hydrogens (primary N) is 1. The van der Waals surface area contributed by atoms with E-state index in [9.17, 15) is 89.3 Å². The molecule has 0 fully saturated rings. The first-order valence-electron chi connectivity index (χ1n) is 32.0. The minimum absolute atomic E-state index is 0.0682. The highest BCUT2D eigenvalue weighted by Gasteiger charge is 2.35. The number of carbonyl (C=O) groups is 11. The lowest BCUT2D eigenvalue weighted by atomic mass is 9.89. The van der Waals surface area contributed by atoms with Gasteiger partial charge >= 0.3 is 17.9 Å². The predicted octanol–water partition coefficient (Wildman–Crippen LogP) is 5.82. The van der Waals surface area contributed by atoms with Gasteiger partial charge in [-0.25, -0.2) is 30.7 Å². The van der Waals surface area contributed by atoms with E-state index in [0.29, 0.717) is 54.3 Å². The number of aryl methyl sites for hydroxylation is 1. The van der Waals surface area contributed by atoms with Crippen LogP contribution in [0, 0.1) is 29.5 Å². The van der Waals surface area contributed by atoms with Gasteiger partial charge < -0.3 is 46.7 Å². The number of fused-ring (bicyclic) bond motifs is 1. The molecule has 1 heterocycles. The maximum absolute atomic E-state index is 14.7. The van der Waals surface area contributed by atoms with E-state index in [0.717, 1.165) is 42.7 Å². The third kappa shape index (κ3) is 27.2. The number of benzene rings is 4. The molecule has 0 aliphatic rings. The van der Waals surface area contributed by atoms with Crippen molar-refractivity contribution in [3.05, 3.63) is 126 Å². The molecule has 0 aliphatic carbocycles. The molecule has 5 rings (SSSR count). The van der Waals surface area contributed by atoms with Crippen molar-refractivity contribution >= 4 is 95.6 Å². The van der Waals surface area contributed by atoms with E-state index in [-0.39, 0.29) is 72.8 Å². The fourth-order valence-corrected chi connectivity index (χ4v) is 13.3. The van der Waals surface area contributed by atoms with Crippen LogP contribution >= 0.6 is 0 Å². The van der Waals surface area contributed by atoms with Crippen LogP contribution in [-0.4, -0.2) is 141 Å². The number of H-pyrrole nitrogens is 1. The second kappa shape index (κ2) is 39.2. The minimum Gasteiger partial charge on any atom is -0.497 e. The number of carbonyl (C=O) groups excluding carboxylic acids is 8. The summed E-state index contributed by atoms with van der Waals surface area (Å²) in [6, 6.07) is 20.3. The zero-order valence-electron chi connectivity index (χ0n) is 54.2. The molecule has 5 aromatic rings. The van der Waals surface area contributed by atoms with E-state index < -0.39 is 172 Å². The lowest BCUT2D eigenvalue weighted by Crippen LogP contribution is -2.47.